The Morgan fingerprint density at radius 2 is 1.85 bits per heavy atom. The van der Waals surface area contributed by atoms with E-state index in [-0.39, 0.29) is 28.2 Å². The quantitative estimate of drug-likeness (QED) is 0.716. The summed E-state index contributed by atoms with van der Waals surface area (Å²) in [6, 6.07) is 4.98. The van der Waals surface area contributed by atoms with Crippen LogP contribution < -0.4 is 15.0 Å². The molecule has 0 aliphatic carbocycles. The van der Waals surface area contributed by atoms with E-state index in [4.69, 9.17) is 9.47 Å². The highest BCUT2D eigenvalue weighted by atomic mass is 19.4. The fourth-order valence-electron chi connectivity index (χ4n) is 2.63. The Hall–Kier alpha value is -3.04. The summed E-state index contributed by atoms with van der Waals surface area (Å²) in [5.41, 5.74) is -2.86. The maximum absolute atomic E-state index is 13.5. The van der Waals surface area contributed by atoms with Crippen LogP contribution in [0.15, 0.2) is 29.1 Å². The smallest absolute Gasteiger partial charge is 0.435 e. The number of halogens is 4. The number of fused-ring (bicyclic) bond motifs is 1. The van der Waals surface area contributed by atoms with Crippen molar-refractivity contribution in [1.29, 1.82) is 0 Å². The summed E-state index contributed by atoms with van der Waals surface area (Å²) in [5, 5.41) is 3.39. The van der Waals surface area contributed by atoms with Gasteiger partial charge in [0.25, 0.3) is 5.56 Å². The van der Waals surface area contributed by atoms with Crippen LogP contribution in [-0.2, 0) is 12.9 Å². The second-order valence-electron chi connectivity index (χ2n) is 5.32. The van der Waals surface area contributed by atoms with E-state index in [1.54, 1.807) is 0 Å². The number of ether oxygens (including phenoxy) is 2. The van der Waals surface area contributed by atoms with Gasteiger partial charge in [0, 0.05) is 6.07 Å². The average Bonchev–Trinajstić information content (AvgIpc) is 3.01. The Balaban J connectivity index is 2.40. The molecule has 6 nitrogen and oxygen atoms in total. The van der Waals surface area contributed by atoms with Crippen LogP contribution in [0.2, 0.25) is 0 Å². The molecule has 3 aromatic rings. The summed E-state index contributed by atoms with van der Waals surface area (Å²) in [4.78, 5) is 14.5. The molecule has 1 N–H and O–H groups in total. The highest BCUT2D eigenvalue weighted by molar-refractivity contribution is 5.81. The van der Waals surface area contributed by atoms with E-state index in [1.165, 1.54) is 32.4 Å². The number of H-pyrrole nitrogens is 1. The van der Waals surface area contributed by atoms with Crippen molar-refractivity contribution in [2.45, 2.75) is 12.9 Å². The lowest BCUT2D eigenvalue weighted by molar-refractivity contribution is -0.140. The van der Waals surface area contributed by atoms with Crippen LogP contribution in [0, 0.1) is 0 Å². The van der Waals surface area contributed by atoms with Crippen LogP contribution in [-0.4, -0.2) is 28.8 Å². The number of methoxy groups -OCH3 is 2. The van der Waals surface area contributed by atoms with E-state index < -0.39 is 24.1 Å². The third-order valence-corrected chi connectivity index (χ3v) is 3.76. The molecule has 2 heterocycles. The molecule has 3 rings (SSSR count). The van der Waals surface area contributed by atoms with Crippen molar-refractivity contribution >= 4 is 5.65 Å². The molecule has 0 spiro atoms. The number of aromatic nitrogens is 3. The predicted octanol–water partition coefficient (Wildman–Crippen LogP) is 3.20. The second-order valence-corrected chi connectivity index (χ2v) is 5.32. The minimum Gasteiger partial charge on any atom is -0.493 e. The fraction of sp³-hybridized carbons (Fsp3) is 0.250. The first-order valence-electron chi connectivity index (χ1n) is 7.30. The van der Waals surface area contributed by atoms with E-state index >= 15 is 0 Å². The first-order valence-corrected chi connectivity index (χ1v) is 7.30. The van der Waals surface area contributed by atoms with Gasteiger partial charge in [-0.1, -0.05) is 6.07 Å². The number of benzene rings is 1. The van der Waals surface area contributed by atoms with E-state index in [1.807, 2.05) is 0 Å². The zero-order valence-corrected chi connectivity index (χ0v) is 13.6. The minimum atomic E-state index is -4.83. The largest absolute Gasteiger partial charge is 0.493 e. The topological polar surface area (TPSA) is 68.6 Å². The van der Waals surface area contributed by atoms with Gasteiger partial charge in [-0.25, -0.2) is 4.39 Å². The van der Waals surface area contributed by atoms with Gasteiger partial charge in [0.1, 0.15) is 12.3 Å². The van der Waals surface area contributed by atoms with Gasteiger partial charge in [-0.3, -0.25) is 4.79 Å². The summed E-state index contributed by atoms with van der Waals surface area (Å²) in [5.74, 6) is 0.515. The Morgan fingerprint density at radius 3 is 2.42 bits per heavy atom. The number of nitrogens with one attached hydrogen (secondary N) is 1. The van der Waals surface area contributed by atoms with Gasteiger partial charge in [0.15, 0.2) is 17.2 Å². The molecule has 10 heteroatoms. The predicted molar refractivity (Wildman–Crippen MR) is 84.2 cm³/mol. The molecule has 0 aliphatic rings. The molecule has 0 aliphatic heterocycles. The van der Waals surface area contributed by atoms with Gasteiger partial charge in [-0.2, -0.15) is 22.8 Å². The van der Waals surface area contributed by atoms with Crippen molar-refractivity contribution in [1.82, 2.24) is 14.6 Å². The monoisotopic (exact) mass is 371 g/mol. The lowest BCUT2D eigenvalue weighted by Crippen LogP contribution is -2.16. The molecule has 1 aromatic carbocycles. The second kappa shape index (κ2) is 6.36. The van der Waals surface area contributed by atoms with Gasteiger partial charge >= 0.3 is 6.18 Å². The van der Waals surface area contributed by atoms with Gasteiger partial charge < -0.3 is 14.5 Å². The van der Waals surface area contributed by atoms with Gasteiger partial charge in [-0.15, -0.1) is 0 Å². The molecule has 138 valence electrons. The summed E-state index contributed by atoms with van der Waals surface area (Å²) in [6.45, 7) is -1.04. The van der Waals surface area contributed by atoms with Crippen molar-refractivity contribution in [2.75, 3.05) is 14.2 Å². The Morgan fingerprint density at radius 1 is 1.15 bits per heavy atom. The van der Waals surface area contributed by atoms with E-state index in [0.29, 0.717) is 10.3 Å². The fourth-order valence-corrected chi connectivity index (χ4v) is 2.63. The zero-order valence-electron chi connectivity index (χ0n) is 13.6. The number of rotatable bonds is 4. The lowest BCUT2D eigenvalue weighted by atomic mass is 10.0. The molecular weight excluding hydrogens is 358 g/mol. The third-order valence-electron chi connectivity index (χ3n) is 3.76. The normalized spacial score (nSPS) is 11.8. The zero-order chi connectivity index (χ0) is 19.1. The first-order chi connectivity index (χ1) is 12.3. The van der Waals surface area contributed by atoms with E-state index in [2.05, 4.69) is 10.1 Å². The van der Waals surface area contributed by atoms with Crippen LogP contribution in [0.1, 0.15) is 11.4 Å². The maximum Gasteiger partial charge on any atom is 0.435 e. The Kier molecular flexibility index (Phi) is 4.34. The standard InChI is InChI=1S/C16H13F4N3O3/c1-25-10-4-3-8(5-11(10)26-2)13-14(16(18,19)20)22-23-12(24)6-9(7-17)21-15(13)23/h3-6,21H,7H2,1-2H3. The Labute approximate surface area is 144 Å². The van der Waals surface area contributed by atoms with Crippen molar-refractivity contribution < 1.29 is 27.0 Å². The molecule has 26 heavy (non-hydrogen) atoms. The van der Waals surface area contributed by atoms with Crippen LogP contribution >= 0.6 is 0 Å². The van der Waals surface area contributed by atoms with Gasteiger partial charge in [0.05, 0.1) is 25.5 Å². The molecule has 0 unspecified atom stereocenters. The molecule has 0 bridgehead atoms. The summed E-state index contributed by atoms with van der Waals surface area (Å²) in [6.07, 6.45) is -4.83. The average molecular weight is 371 g/mol. The van der Waals surface area contributed by atoms with Crippen molar-refractivity contribution in [2.24, 2.45) is 0 Å². The van der Waals surface area contributed by atoms with Crippen molar-refractivity contribution in [3.8, 4) is 22.6 Å². The first kappa shape index (κ1) is 17.8. The molecule has 2 aromatic heterocycles. The minimum absolute atomic E-state index is 0.0802. The molecule has 0 saturated carbocycles. The number of aromatic amines is 1. The van der Waals surface area contributed by atoms with Gasteiger partial charge in [-0.05, 0) is 17.7 Å². The van der Waals surface area contributed by atoms with E-state index in [0.717, 1.165) is 6.07 Å². The highest BCUT2D eigenvalue weighted by Gasteiger charge is 2.39. The number of alkyl halides is 4. The molecule has 0 amide bonds. The highest BCUT2D eigenvalue weighted by Crippen LogP contribution is 2.40. The molecular formula is C16H13F4N3O3. The third kappa shape index (κ3) is 2.87. The Bertz CT molecular complexity index is 1020. The summed E-state index contributed by atoms with van der Waals surface area (Å²) in [7, 11) is 2.73. The van der Waals surface area contributed by atoms with Crippen LogP contribution in [0.25, 0.3) is 16.8 Å². The summed E-state index contributed by atoms with van der Waals surface area (Å²) < 4.78 is 64.2. The summed E-state index contributed by atoms with van der Waals surface area (Å²) >= 11 is 0. The van der Waals surface area contributed by atoms with Crippen molar-refractivity contribution in [3.63, 3.8) is 0 Å². The number of hydrogen-bond donors (Lipinski definition) is 1. The number of nitrogens with zero attached hydrogens (tertiary/aromatic N) is 2. The van der Waals surface area contributed by atoms with Crippen LogP contribution in [0.4, 0.5) is 17.6 Å². The van der Waals surface area contributed by atoms with E-state index in [9.17, 15) is 22.4 Å². The maximum atomic E-state index is 13.5. The molecule has 0 fully saturated rings. The SMILES string of the molecule is COc1ccc(-c2c(C(F)(F)F)nn3c(=O)cc(CF)[nH]c23)cc1OC. The molecule has 0 saturated heterocycles. The van der Waals surface area contributed by atoms with Gasteiger partial charge in [0.2, 0.25) is 0 Å². The lowest BCUT2D eigenvalue weighted by Gasteiger charge is -2.11. The molecule has 0 atom stereocenters. The van der Waals surface area contributed by atoms with Crippen LogP contribution in [0.3, 0.4) is 0 Å². The van der Waals surface area contributed by atoms with Crippen LogP contribution in [0.5, 0.6) is 11.5 Å². The molecule has 0 radical (unpaired) electrons. The van der Waals surface area contributed by atoms with Crippen molar-refractivity contribution in [3.05, 3.63) is 46.0 Å². The number of hydrogen-bond acceptors (Lipinski definition) is 4.